The Balaban J connectivity index is 2.98. The van der Waals surface area contributed by atoms with E-state index < -0.39 is 5.76 Å². The highest BCUT2D eigenvalue weighted by Crippen LogP contribution is 1.88. The molecule has 4 heteroatoms. The lowest BCUT2D eigenvalue weighted by molar-refractivity contribution is 0.503. The Hall–Kier alpha value is -1.32. The fraction of sp³-hybridized carbons (Fsp3) is 0.200. The highest BCUT2D eigenvalue weighted by molar-refractivity contribution is 5.35. The Labute approximate surface area is 51.2 Å². The third-order valence-corrected chi connectivity index (χ3v) is 0.764. The lowest BCUT2D eigenvalue weighted by atomic mass is 10.5. The number of nitrogens with zero attached hydrogens (tertiary/aromatic N) is 1. The van der Waals surface area contributed by atoms with Gasteiger partial charge in [0.25, 0.3) is 0 Å². The van der Waals surface area contributed by atoms with E-state index in [0.29, 0.717) is 5.89 Å². The molecule has 1 aromatic rings. The van der Waals surface area contributed by atoms with Crippen LogP contribution in [0, 0.1) is 0 Å². The maximum absolute atomic E-state index is 10.2. The number of H-pyrrole nitrogens is 1. The van der Waals surface area contributed by atoms with Crippen molar-refractivity contribution in [1.82, 2.24) is 10.2 Å². The van der Waals surface area contributed by atoms with E-state index in [-0.39, 0.29) is 0 Å². The minimum absolute atomic E-state index is 0.308. The van der Waals surface area contributed by atoms with Gasteiger partial charge in [0.15, 0.2) is 0 Å². The molecule has 9 heavy (non-hydrogen) atoms. The van der Waals surface area contributed by atoms with E-state index in [1.54, 1.807) is 12.2 Å². The highest BCUT2D eigenvalue weighted by atomic mass is 16.4. The molecule has 0 aliphatic rings. The second-order valence-electron chi connectivity index (χ2n) is 1.45. The van der Waals surface area contributed by atoms with Gasteiger partial charge in [0.05, 0.1) is 0 Å². The molecule has 1 aromatic heterocycles. The van der Waals surface area contributed by atoms with E-state index in [4.69, 9.17) is 0 Å². The first-order valence-corrected chi connectivity index (χ1v) is 2.51. The summed E-state index contributed by atoms with van der Waals surface area (Å²) in [4.78, 5) is 10.2. The van der Waals surface area contributed by atoms with Crippen molar-refractivity contribution in [3.63, 3.8) is 0 Å². The predicted molar refractivity (Wildman–Crippen MR) is 31.8 cm³/mol. The summed E-state index contributed by atoms with van der Waals surface area (Å²) in [7, 11) is 0. The van der Waals surface area contributed by atoms with Crippen molar-refractivity contribution in [2.45, 2.75) is 6.92 Å². The topological polar surface area (TPSA) is 58.9 Å². The lowest BCUT2D eigenvalue weighted by Crippen LogP contribution is -1.93. The van der Waals surface area contributed by atoms with Gasteiger partial charge in [0, 0.05) is 0 Å². The van der Waals surface area contributed by atoms with E-state index >= 15 is 0 Å². The van der Waals surface area contributed by atoms with Crippen molar-refractivity contribution in [2.75, 3.05) is 0 Å². The molecule has 0 unspecified atom stereocenters. The molecule has 0 spiro atoms. The summed E-state index contributed by atoms with van der Waals surface area (Å²) in [6, 6.07) is 0. The minimum atomic E-state index is -0.525. The molecule has 1 N–H and O–H groups in total. The van der Waals surface area contributed by atoms with Crippen LogP contribution in [-0.2, 0) is 0 Å². The molecule has 4 nitrogen and oxygen atoms in total. The number of aromatic amines is 1. The maximum atomic E-state index is 10.2. The Bertz CT molecular complexity index is 258. The molecule has 0 saturated carbocycles. The summed E-state index contributed by atoms with van der Waals surface area (Å²) < 4.78 is 4.51. The second kappa shape index (κ2) is 2.30. The average molecular weight is 126 g/mol. The van der Waals surface area contributed by atoms with Crippen molar-refractivity contribution in [1.29, 1.82) is 0 Å². The van der Waals surface area contributed by atoms with E-state index in [1.807, 2.05) is 6.92 Å². The average Bonchev–Trinajstić information content (AvgIpc) is 2.17. The van der Waals surface area contributed by atoms with Gasteiger partial charge in [0.1, 0.15) is 0 Å². The smallest absolute Gasteiger partial charge is 0.388 e. The number of aromatic nitrogens is 2. The number of hydrogen-bond acceptors (Lipinski definition) is 3. The van der Waals surface area contributed by atoms with Gasteiger partial charge in [-0.1, -0.05) is 6.08 Å². The summed E-state index contributed by atoms with van der Waals surface area (Å²) >= 11 is 0. The zero-order valence-corrected chi connectivity index (χ0v) is 4.92. The molecule has 0 aliphatic heterocycles. The van der Waals surface area contributed by atoms with Gasteiger partial charge in [-0.25, -0.2) is 9.89 Å². The molecule has 0 atom stereocenters. The van der Waals surface area contributed by atoms with Crippen LogP contribution in [0.1, 0.15) is 12.8 Å². The molecular formula is C5H6N2O2. The van der Waals surface area contributed by atoms with E-state index in [2.05, 4.69) is 14.6 Å². The first-order chi connectivity index (χ1) is 4.33. The van der Waals surface area contributed by atoms with Crippen molar-refractivity contribution in [3.8, 4) is 0 Å². The number of nitrogens with one attached hydrogen (secondary N) is 1. The summed E-state index contributed by atoms with van der Waals surface area (Å²) in [5.74, 6) is -0.217. The molecule has 0 aliphatic carbocycles. The fourth-order valence-electron chi connectivity index (χ4n) is 0.455. The lowest BCUT2D eigenvalue weighted by Gasteiger charge is -1.71. The standard InChI is InChI=1S/C5H6N2O2/c1-2-3-4-6-7-5(8)9-4/h2-3H,1H3,(H,7,8)/b3-2+. The van der Waals surface area contributed by atoms with Crippen LogP contribution in [0.4, 0.5) is 0 Å². The molecule has 1 rings (SSSR count). The Morgan fingerprint density at radius 3 is 3.00 bits per heavy atom. The molecule has 0 radical (unpaired) electrons. The molecule has 0 bridgehead atoms. The quantitative estimate of drug-likeness (QED) is 0.592. The van der Waals surface area contributed by atoms with Crippen molar-refractivity contribution in [3.05, 3.63) is 22.5 Å². The molecule has 0 aromatic carbocycles. The van der Waals surface area contributed by atoms with Crippen LogP contribution in [0.2, 0.25) is 0 Å². The summed E-state index contributed by atoms with van der Waals surface area (Å²) in [6.45, 7) is 1.81. The summed E-state index contributed by atoms with van der Waals surface area (Å²) in [5, 5.41) is 5.64. The zero-order valence-electron chi connectivity index (χ0n) is 4.92. The highest BCUT2D eigenvalue weighted by Gasteiger charge is 1.91. The second-order valence-corrected chi connectivity index (χ2v) is 1.45. The molecule has 0 saturated heterocycles. The van der Waals surface area contributed by atoms with Gasteiger partial charge in [-0.2, -0.15) is 0 Å². The molecule has 0 amide bonds. The van der Waals surface area contributed by atoms with Crippen molar-refractivity contribution >= 4 is 6.08 Å². The third-order valence-electron chi connectivity index (χ3n) is 0.764. The first-order valence-electron chi connectivity index (χ1n) is 2.51. The van der Waals surface area contributed by atoms with Gasteiger partial charge in [0.2, 0.25) is 5.89 Å². The van der Waals surface area contributed by atoms with Crippen LogP contribution in [0.5, 0.6) is 0 Å². The maximum Gasteiger partial charge on any atom is 0.434 e. The third kappa shape index (κ3) is 1.28. The number of hydrogen-bond donors (Lipinski definition) is 1. The van der Waals surface area contributed by atoms with Crippen LogP contribution in [0.3, 0.4) is 0 Å². The zero-order chi connectivity index (χ0) is 6.69. The largest absolute Gasteiger partial charge is 0.434 e. The predicted octanol–water partition coefficient (Wildman–Crippen LogP) is 0.396. The van der Waals surface area contributed by atoms with Crippen molar-refractivity contribution in [2.24, 2.45) is 0 Å². The van der Waals surface area contributed by atoms with Gasteiger partial charge >= 0.3 is 5.76 Å². The molecular weight excluding hydrogens is 120 g/mol. The molecule has 0 fully saturated rings. The Morgan fingerprint density at radius 2 is 2.56 bits per heavy atom. The van der Waals surface area contributed by atoms with Crippen LogP contribution >= 0.6 is 0 Å². The van der Waals surface area contributed by atoms with E-state index in [1.165, 1.54) is 0 Å². The molecule has 1 heterocycles. The number of allylic oxidation sites excluding steroid dienone is 1. The van der Waals surface area contributed by atoms with Crippen LogP contribution in [0.15, 0.2) is 15.3 Å². The fourth-order valence-corrected chi connectivity index (χ4v) is 0.455. The monoisotopic (exact) mass is 126 g/mol. The molecule has 48 valence electrons. The van der Waals surface area contributed by atoms with Gasteiger partial charge in [-0.05, 0) is 13.0 Å². The van der Waals surface area contributed by atoms with Crippen LogP contribution < -0.4 is 5.76 Å². The van der Waals surface area contributed by atoms with E-state index in [0.717, 1.165) is 0 Å². The minimum Gasteiger partial charge on any atom is -0.388 e. The van der Waals surface area contributed by atoms with Crippen LogP contribution in [0.25, 0.3) is 6.08 Å². The first kappa shape index (κ1) is 5.81. The van der Waals surface area contributed by atoms with Crippen LogP contribution in [-0.4, -0.2) is 10.2 Å². The van der Waals surface area contributed by atoms with Crippen molar-refractivity contribution < 1.29 is 4.42 Å². The van der Waals surface area contributed by atoms with Gasteiger partial charge in [-0.3, -0.25) is 0 Å². The number of rotatable bonds is 1. The van der Waals surface area contributed by atoms with E-state index in [9.17, 15) is 4.79 Å². The van der Waals surface area contributed by atoms with Gasteiger partial charge in [-0.15, -0.1) is 5.10 Å². The Morgan fingerprint density at radius 1 is 1.78 bits per heavy atom. The normalized spacial score (nSPS) is 10.8. The summed E-state index contributed by atoms with van der Waals surface area (Å²) in [6.07, 6.45) is 3.33. The summed E-state index contributed by atoms with van der Waals surface area (Å²) in [5.41, 5.74) is 0. The Kier molecular flexibility index (Phi) is 1.48. The SMILES string of the molecule is C/C=C/c1n[nH]c(=O)o1. The van der Waals surface area contributed by atoms with Gasteiger partial charge < -0.3 is 4.42 Å².